The molecule has 2 fully saturated rings. The Morgan fingerprint density at radius 1 is 1.14 bits per heavy atom. The van der Waals surface area contributed by atoms with Crippen molar-refractivity contribution in [2.45, 2.75) is 37.9 Å². The molecule has 0 saturated carbocycles. The van der Waals surface area contributed by atoms with Crippen LogP contribution in [0.15, 0.2) is 30.7 Å². The molecule has 1 atom stereocenters. The van der Waals surface area contributed by atoms with Crippen molar-refractivity contribution in [1.82, 2.24) is 29.8 Å². The monoisotopic (exact) mass is 494 g/mol. The second kappa shape index (κ2) is 8.70. The van der Waals surface area contributed by atoms with Crippen molar-refractivity contribution in [1.29, 1.82) is 0 Å². The second-order valence-electron chi connectivity index (χ2n) is 8.93. The SMILES string of the molecule is Cc1nc[nH]c1CN1CCC(c2cc(Nc3cc(C(F)(F)F)ccn3)nc(N3CC(F)(F)C3)n2)C1. The van der Waals surface area contributed by atoms with Gasteiger partial charge in [-0.25, -0.2) is 23.7 Å². The molecule has 2 aliphatic rings. The lowest BCUT2D eigenvalue weighted by atomic mass is 10.0. The van der Waals surface area contributed by atoms with Crippen LogP contribution < -0.4 is 10.2 Å². The normalized spacial score (nSPS) is 20.2. The van der Waals surface area contributed by atoms with Crippen LogP contribution in [0.1, 0.15) is 35.0 Å². The Hall–Kier alpha value is -3.35. The van der Waals surface area contributed by atoms with E-state index in [4.69, 9.17) is 0 Å². The van der Waals surface area contributed by atoms with E-state index in [0.717, 1.165) is 42.7 Å². The molecule has 0 spiro atoms. The number of H-pyrrole nitrogens is 1. The maximum Gasteiger partial charge on any atom is 0.416 e. The number of anilines is 3. The first-order valence-corrected chi connectivity index (χ1v) is 11.1. The largest absolute Gasteiger partial charge is 0.416 e. The minimum Gasteiger partial charge on any atom is -0.347 e. The molecule has 0 bridgehead atoms. The van der Waals surface area contributed by atoms with Gasteiger partial charge in [-0.2, -0.15) is 18.2 Å². The lowest BCUT2D eigenvalue weighted by Crippen LogP contribution is -2.57. The third-order valence-electron chi connectivity index (χ3n) is 6.21. The molecule has 8 nitrogen and oxygen atoms in total. The average Bonchev–Trinajstić information content (AvgIpc) is 3.41. The highest BCUT2D eigenvalue weighted by Gasteiger charge is 2.45. The highest BCUT2D eigenvalue weighted by molar-refractivity contribution is 5.56. The maximum absolute atomic E-state index is 13.5. The minimum absolute atomic E-state index is 0.0109. The Kier molecular flexibility index (Phi) is 5.82. The fraction of sp³-hybridized carbons (Fsp3) is 0.455. The summed E-state index contributed by atoms with van der Waals surface area (Å²) in [5, 5.41) is 2.80. The van der Waals surface area contributed by atoms with Crippen LogP contribution in [0.5, 0.6) is 0 Å². The summed E-state index contributed by atoms with van der Waals surface area (Å²) in [6.45, 7) is 3.10. The van der Waals surface area contributed by atoms with Gasteiger partial charge in [0.25, 0.3) is 5.92 Å². The third-order valence-corrected chi connectivity index (χ3v) is 6.21. The molecule has 13 heteroatoms. The number of likely N-dealkylation sites (tertiary alicyclic amines) is 1. The van der Waals surface area contributed by atoms with Crippen molar-refractivity contribution >= 4 is 17.6 Å². The number of halogens is 5. The molecule has 35 heavy (non-hydrogen) atoms. The van der Waals surface area contributed by atoms with Crippen LogP contribution in [-0.4, -0.2) is 61.9 Å². The van der Waals surface area contributed by atoms with Crippen LogP contribution in [0.25, 0.3) is 0 Å². The van der Waals surface area contributed by atoms with Gasteiger partial charge in [-0.15, -0.1) is 0 Å². The molecule has 3 aromatic heterocycles. The summed E-state index contributed by atoms with van der Waals surface area (Å²) >= 11 is 0. The lowest BCUT2D eigenvalue weighted by Gasteiger charge is -2.38. The molecule has 1 unspecified atom stereocenters. The van der Waals surface area contributed by atoms with E-state index in [2.05, 4.69) is 35.1 Å². The van der Waals surface area contributed by atoms with Crippen molar-refractivity contribution in [3.63, 3.8) is 0 Å². The Morgan fingerprint density at radius 3 is 2.63 bits per heavy atom. The Labute approximate surface area is 197 Å². The van der Waals surface area contributed by atoms with Crippen LogP contribution >= 0.6 is 0 Å². The number of imidazole rings is 1. The molecule has 5 heterocycles. The molecular formula is C22H23F5N8. The van der Waals surface area contributed by atoms with E-state index in [-0.39, 0.29) is 23.5 Å². The zero-order valence-electron chi connectivity index (χ0n) is 18.8. The van der Waals surface area contributed by atoms with Gasteiger partial charge in [-0.3, -0.25) is 4.90 Å². The van der Waals surface area contributed by atoms with E-state index in [9.17, 15) is 22.0 Å². The van der Waals surface area contributed by atoms with Gasteiger partial charge in [0.2, 0.25) is 5.95 Å². The average molecular weight is 494 g/mol. The van der Waals surface area contributed by atoms with E-state index in [1.165, 1.54) is 4.90 Å². The van der Waals surface area contributed by atoms with Crippen molar-refractivity contribution < 1.29 is 22.0 Å². The summed E-state index contributed by atoms with van der Waals surface area (Å²) < 4.78 is 66.3. The van der Waals surface area contributed by atoms with Gasteiger partial charge < -0.3 is 15.2 Å². The summed E-state index contributed by atoms with van der Waals surface area (Å²) in [6.07, 6.45) is -1.03. The van der Waals surface area contributed by atoms with Gasteiger partial charge >= 0.3 is 6.18 Å². The van der Waals surface area contributed by atoms with E-state index in [0.29, 0.717) is 18.8 Å². The molecular weight excluding hydrogens is 471 g/mol. The van der Waals surface area contributed by atoms with Crippen LogP contribution in [0, 0.1) is 6.92 Å². The number of nitrogens with one attached hydrogen (secondary N) is 2. The standard InChI is InChI=1S/C22H23F5N8/c1-13-17(30-12-29-13)9-34-5-3-14(8-34)16-7-19(33-20(31-16)35-10-21(23,24)11-35)32-18-6-15(2-4-28-18)22(25,26)27/h2,4,6-7,12,14H,3,5,8-11H2,1H3,(H,29,30)(H,28,31,32,33). The summed E-state index contributed by atoms with van der Waals surface area (Å²) in [7, 11) is 0. The van der Waals surface area contributed by atoms with Crippen LogP contribution in [0.4, 0.5) is 39.5 Å². The molecule has 0 amide bonds. The highest BCUT2D eigenvalue weighted by Crippen LogP contribution is 2.35. The van der Waals surface area contributed by atoms with Gasteiger partial charge in [0, 0.05) is 31.3 Å². The van der Waals surface area contributed by atoms with Crippen molar-refractivity contribution in [3.05, 3.63) is 53.4 Å². The number of pyridine rings is 1. The van der Waals surface area contributed by atoms with Crippen LogP contribution in [0.3, 0.4) is 0 Å². The number of aromatic amines is 1. The second-order valence-corrected chi connectivity index (χ2v) is 8.93. The van der Waals surface area contributed by atoms with Gasteiger partial charge in [0.05, 0.1) is 42.1 Å². The predicted molar refractivity (Wildman–Crippen MR) is 118 cm³/mol. The molecule has 186 valence electrons. The number of aromatic nitrogens is 5. The van der Waals surface area contributed by atoms with Crippen molar-refractivity contribution in [2.24, 2.45) is 0 Å². The van der Waals surface area contributed by atoms with Crippen molar-refractivity contribution in [3.8, 4) is 0 Å². The molecule has 2 saturated heterocycles. The Balaban J connectivity index is 1.39. The molecule has 0 radical (unpaired) electrons. The molecule has 2 aliphatic heterocycles. The Bertz CT molecular complexity index is 1200. The summed E-state index contributed by atoms with van der Waals surface area (Å²) in [4.78, 5) is 23.7. The molecule has 2 N–H and O–H groups in total. The van der Waals surface area contributed by atoms with E-state index >= 15 is 0 Å². The smallest absolute Gasteiger partial charge is 0.347 e. The summed E-state index contributed by atoms with van der Waals surface area (Å²) in [5.74, 6) is -2.54. The van der Waals surface area contributed by atoms with Gasteiger partial charge in [0.15, 0.2) is 0 Å². The first-order valence-electron chi connectivity index (χ1n) is 11.1. The fourth-order valence-electron chi connectivity index (χ4n) is 4.32. The first kappa shape index (κ1) is 23.4. The highest BCUT2D eigenvalue weighted by atomic mass is 19.4. The van der Waals surface area contributed by atoms with Crippen molar-refractivity contribution in [2.75, 3.05) is 36.4 Å². The number of alkyl halides is 5. The fourth-order valence-corrected chi connectivity index (χ4v) is 4.32. The number of hydrogen-bond donors (Lipinski definition) is 2. The number of nitrogens with zero attached hydrogens (tertiary/aromatic N) is 6. The van der Waals surface area contributed by atoms with Gasteiger partial charge in [-0.1, -0.05) is 0 Å². The third kappa shape index (κ3) is 5.19. The first-order chi connectivity index (χ1) is 16.6. The molecule has 3 aromatic rings. The molecule has 0 aliphatic carbocycles. The molecule has 5 rings (SSSR count). The summed E-state index contributed by atoms with van der Waals surface area (Å²) in [5.41, 5.74) is 1.74. The quantitative estimate of drug-likeness (QED) is 0.499. The zero-order chi connectivity index (χ0) is 24.8. The van der Waals surface area contributed by atoms with E-state index in [1.54, 1.807) is 12.4 Å². The number of hydrogen-bond acceptors (Lipinski definition) is 7. The van der Waals surface area contributed by atoms with Crippen LogP contribution in [-0.2, 0) is 12.7 Å². The van der Waals surface area contributed by atoms with E-state index in [1.807, 2.05) is 6.92 Å². The van der Waals surface area contributed by atoms with Gasteiger partial charge in [0.1, 0.15) is 11.6 Å². The number of aryl methyl sites for hydroxylation is 1. The molecule has 0 aromatic carbocycles. The Morgan fingerprint density at radius 2 is 1.94 bits per heavy atom. The topological polar surface area (TPSA) is 85.9 Å². The zero-order valence-corrected chi connectivity index (χ0v) is 18.8. The predicted octanol–water partition coefficient (Wildman–Crippen LogP) is 4.11. The van der Waals surface area contributed by atoms with Gasteiger partial charge in [-0.05, 0) is 32.0 Å². The van der Waals surface area contributed by atoms with Crippen LogP contribution in [0.2, 0.25) is 0 Å². The van der Waals surface area contributed by atoms with E-state index < -0.39 is 30.8 Å². The number of rotatable bonds is 6. The maximum atomic E-state index is 13.5. The lowest BCUT2D eigenvalue weighted by molar-refractivity contribution is -0.137. The summed E-state index contributed by atoms with van der Waals surface area (Å²) in [6, 6.07) is 3.40. The minimum atomic E-state index is -4.52.